The molecule has 1 aliphatic rings. The summed E-state index contributed by atoms with van der Waals surface area (Å²) in [7, 11) is 0. The molecule has 3 N–H and O–H groups in total. The van der Waals surface area contributed by atoms with Crippen molar-refractivity contribution in [3.8, 4) is 0 Å². The maximum absolute atomic E-state index is 13.7. The quantitative estimate of drug-likeness (QED) is 0.645. The number of carbonyl (C=O) groups is 1. The monoisotopic (exact) mass is 415 g/mol. The van der Waals surface area contributed by atoms with E-state index in [-0.39, 0.29) is 18.0 Å². The fraction of sp³-hybridized carbons (Fsp3) is 0.381. The van der Waals surface area contributed by atoms with Gasteiger partial charge in [-0.2, -0.15) is 5.10 Å². The molecule has 0 aliphatic carbocycles. The number of hydrogen-bond donors (Lipinski definition) is 2. The molecular weight excluding hydrogens is 392 g/mol. The van der Waals surface area contributed by atoms with E-state index in [9.17, 15) is 13.6 Å². The van der Waals surface area contributed by atoms with Gasteiger partial charge in [0, 0.05) is 38.4 Å². The first kappa shape index (κ1) is 20.2. The number of aromatic nitrogens is 3. The fourth-order valence-electron chi connectivity index (χ4n) is 3.78. The average molecular weight is 415 g/mol. The molecule has 1 saturated heterocycles. The van der Waals surface area contributed by atoms with Crippen LogP contribution < -0.4 is 11.1 Å². The molecule has 0 bridgehead atoms. The van der Waals surface area contributed by atoms with E-state index in [0.717, 1.165) is 25.0 Å². The predicted octanol–water partition coefficient (Wildman–Crippen LogP) is 3.01. The number of aryl methyl sites for hydroxylation is 1. The molecule has 3 heterocycles. The molecule has 9 heteroatoms. The highest BCUT2D eigenvalue weighted by molar-refractivity contribution is 6.06. The highest BCUT2D eigenvalue weighted by Gasteiger charge is 2.24. The number of benzene rings is 1. The third-order valence-electron chi connectivity index (χ3n) is 5.32. The Kier molecular flexibility index (Phi) is 5.63. The lowest BCUT2D eigenvalue weighted by Crippen LogP contribution is -2.29. The molecule has 1 fully saturated rings. The summed E-state index contributed by atoms with van der Waals surface area (Å²) in [4.78, 5) is 16.6. The topological polar surface area (TPSA) is 95.1 Å². The van der Waals surface area contributed by atoms with Crippen molar-refractivity contribution in [2.24, 2.45) is 5.73 Å². The lowest BCUT2D eigenvalue weighted by molar-refractivity contribution is 0.0904. The Labute approximate surface area is 172 Å². The molecule has 30 heavy (non-hydrogen) atoms. The van der Waals surface area contributed by atoms with Gasteiger partial charge in [-0.3, -0.25) is 4.79 Å². The lowest BCUT2D eigenvalue weighted by atomic mass is 10.0. The predicted molar refractivity (Wildman–Crippen MR) is 108 cm³/mol. The summed E-state index contributed by atoms with van der Waals surface area (Å²) >= 11 is 0. The van der Waals surface area contributed by atoms with Crippen LogP contribution in [0.4, 0.5) is 14.5 Å². The van der Waals surface area contributed by atoms with Crippen LogP contribution in [0.3, 0.4) is 0 Å². The van der Waals surface area contributed by atoms with Crippen LogP contribution in [0.25, 0.3) is 11.0 Å². The molecule has 1 amide bonds. The first-order valence-corrected chi connectivity index (χ1v) is 9.94. The minimum Gasteiger partial charge on any atom is -0.381 e. The van der Waals surface area contributed by atoms with Gasteiger partial charge in [0.1, 0.15) is 0 Å². The van der Waals surface area contributed by atoms with Crippen LogP contribution in [0.1, 0.15) is 41.4 Å². The van der Waals surface area contributed by atoms with E-state index in [4.69, 9.17) is 10.5 Å². The molecule has 7 nitrogen and oxygen atoms in total. The van der Waals surface area contributed by atoms with E-state index in [0.29, 0.717) is 47.7 Å². The van der Waals surface area contributed by atoms with Gasteiger partial charge in [-0.05, 0) is 37.5 Å². The molecule has 2 aromatic heterocycles. The third-order valence-corrected chi connectivity index (χ3v) is 5.32. The molecule has 0 unspecified atom stereocenters. The number of fused-ring (bicyclic) bond motifs is 1. The number of nitrogens with zero attached hydrogens (tertiary/aromatic N) is 3. The molecule has 3 aromatic rings. The summed E-state index contributed by atoms with van der Waals surface area (Å²) < 4.78 is 34.2. The van der Waals surface area contributed by atoms with Gasteiger partial charge in [-0.25, -0.2) is 18.4 Å². The second-order valence-electron chi connectivity index (χ2n) is 7.33. The van der Waals surface area contributed by atoms with Crippen molar-refractivity contribution in [2.75, 3.05) is 18.5 Å². The van der Waals surface area contributed by atoms with Crippen LogP contribution >= 0.6 is 0 Å². The Bertz CT molecular complexity index is 1090. The Morgan fingerprint density at radius 1 is 1.30 bits per heavy atom. The smallest absolute Gasteiger partial charge is 0.252 e. The van der Waals surface area contributed by atoms with Gasteiger partial charge in [-0.1, -0.05) is 6.07 Å². The van der Waals surface area contributed by atoms with Crippen molar-refractivity contribution in [2.45, 2.75) is 38.8 Å². The van der Waals surface area contributed by atoms with E-state index in [1.165, 1.54) is 12.3 Å². The van der Waals surface area contributed by atoms with Gasteiger partial charge in [0.15, 0.2) is 17.3 Å². The van der Waals surface area contributed by atoms with Gasteiger partial charge in [0.25, 0.3) is 5.91 Å². The summed E-state index contributed by atoms with van der Waals surface area (Å²) in [6.45, 7) is 3.76. The summed E-state index contributed by atoms with van der Waals surface area (Å²) in [5.41, 5.74) is 8.27. The van der Waals surface area contributed by atoms with E-state index in [1.807, 2.05) is 6.92 Å². The average Bonchev–Trinajstić information content (AvgIpc) is 3.09. The van der Waals surface area contributed by atoms with Crippen molar-refractivity contribution < 1.29 is 18.3 Å². The Morgan fingerprint density at radius 3 is 2.73 bits per heavy atom. The molecule has 0 saturated carbocycles. The zero-order chi connectivity index (χ0) is 21.3. The van der Waals surface area contributed by atoms with Crippen LogP contribution in [-0.2, 0) is 17.7 Å². The van der Waals surface area contributed by atoms with E-state index in [1.54, 1.807) is 4.68 Å². The summed E-state index contributed by atoms with van der Waals surface area (Å²) in [6.07, 6.45) is 3.31. The summed E-state index contributed by atoms with van der Waals surface area (Å²) in [6, 6.07) is 3.89. The van der Waals surface area contributed by atoms with Crippen molar-refractivity contribution >= 4 is 22.6 Å². The second-order valence-corrected chi connectivity index (χ2v) is 7.33. The minimum atomic E-state index is -0.914. The molecule has 0 atom stereocenters. The van der Waals surface area contributed by atoms with E-state index in [2.05, 4.69) is 15.4 Å². The Balaban J connectivity index is 1.85. The SMILES string of the molecule is CCn1nc(Cc2ccc(F)c(F)c2)c2c(NC3CCOCC3)c(C(N)=O)cnc21. The fourth-order valence-corrected chi connectivity index (χ4v) is 3.78. The molecule has 1 aliphatic heterocycles. The number of primary amides is 1. The molecule has 0 spiro atoms. The minimum absolute atomic E-state index is 0.114. The Morgan fingerprint density at radius 2 is 2.07 bits per heavy atom. The van der Waals surface area contributed by atoms with Gasteiger partial charge in [0.05, 0.1) is 22.3 Å². The van der Waals surface area contributed by atoms with E-state index < -0.39 is 17.5 Å². The first-order valence-electron chi connectivity index (χ1n) is 9.94. The third kappa shape index (κ3) is 3.85. The number of nitrogens with two attached hydrogens (primary N) is 1. The highest BCUT2D eigenvalue weighted by atomic mass is 19.2. The number of amides is 1. The van der Waals surface area contributed by atoms with Gasteiger partial charge < -0.3 is 15.8 Å². The van der Waals surface area contributed by atoms with Crippen LogP contribution in [-0.4, -0.2) is 39.9 Å². The molecule has 0 radical (unpaired) electrons. The van der Waals surface area contributed by atoms with Crippen molar-refractivity contribution in [1.82, 2.24) is 14.8 Å². The molecular formula is C21H23F2N5O2. The number of anilines is 1. The van der Waals surface area contributed by atoms with Crippen LogP contribution in [0, 0.1) is 11.6 Å². The number of nitrogens with one attached hydrogen (secondary N) is 1. The van der Waals surface area contributed by atoms with E-state index >= 15 is 0 Å². The van der Waals surface area contributed by atoms with Crippen LogP contribution in [0.15, 0.2) is 24.4 Å². The summed E-state index contributed by atoms with van der Waals surface area (Å²) in [5, 5.41) is 8.75. The Hall–Kier alpha value is -3.07. The number of hydrogen-bond acceptors (Lipinski definition) is 5. The molecule has 158 valence electrons. The number of carbonyl (C=O) groups excluding carboxylic acids is 1. The van der Waals surface area contributed by atoms with Crippen molar-refractivity contribution in [1.29, 1.82) is 0 Å². The number of ether oxygens (including phenoxy) is 1. The van der Waals surface area contributed by atoms with Crippen LogP contribution in [0.2, 0.25) is 0 Å². The standard InChI is InChI=1S/C21H23F2N5O2/c1-2-28-21-18(17(27-28)10-12-3-4-15(22)16(23)9-12)19(14(11-25-21)20(24)29)26-13-5-7-30-8-6-13/h3-4,9,11,13H,2,5-8,10H2,1H3,(H2,24,29)(H,25,26). The molecule has 4 rings (SSSR count). The van der Waals surface area contributed by atoms with Crippen molar-refractivity contribution in [3.05, 3.63) is 52.9 Å². The van der Waals surface area contributed by atoms with Gasteiger partial charge >= 0.3 is 0 Å². The number of pyridine rings is 1. The second kappa shape index (κ2) is 8.35. The lowest BCUT2D eigenvalue weighted by Gasteiger charge is -2.25. The zero-order valence-electron chi connectivity index (χ0n) is 16.6. The first-order chi connectivity index (χ1) is 14.5. The summed E-state index contributed by atoms with van der Waals surface area (Å²) in [5.74, 6) is -2.41. The van der Waals surface area contributed by atoms with Gasteiger partial charge in [0.2, 0.25) is 0 Å². The number of rotatable bonds is 6. The molecule has 1 aromatic carbocycles. The highest BCUT2D eigenvalue weighted by Crippen LogP contribution is 2.32. The maximum Gasteiger partial charge on any atom is 0.252 e. The van der Waals surface area contributed by atoms with Crippen LogP contribution in [0.5, 0.6) is 0 Å². The van der Waals surface area contributed by atoms with Gasteiger partial charge in [-0.15, -0.1) is 0 Å². The normalized spacial score (nSPS) is 14.9. The largest absolute Gasteiger partial charge is 0.381 e. The zero-order valence-corrected chi connectivity index (χ0v) is 16.6. The maximum atomic E-state index is 13.7. The number of halogens is 2. The van der Waals surface area contributed by atoms with Crippen molar-refractivity contribution in [3.63, 3.8) is 0 Å².